The first-order valence-corrected chi connectivity index (χ1v) is 11.4. The van der Waals surface area contributed by atoms with Crippen LogP contribution in [0.15, 0.2) is 42.5 Å². The van der Waals surface area contributed by atoms with Crippen molar-refractivity contribution in [2.24, 2.45) is 0 Å². The third-order valence-corrected chi connectivity index (χ3v) is 6.56. The molecule has 1 atom stereocenters. The van der Waals surface area contributed by atoms with Crippen LogP contribution in [-0.4, -0.2) is 36.8 Å². The normalized spacial score (nSPS) is 16.3. The van der Waals surface area contributed by atoms with Gasteiger partial charge in [0.15, 0.2) is 11.7 Å². The quantitative estimate of drug-likeness (QED) is 0.471. The summed E-state index contributed by atoms with van der Waals surface area (Å²) in [5.74, 6) is 0.985. The summed E-state index contributed by atoms with van der Waals surface area (Å²) in [6.07, 6.45) is 1.96. The van der Waals surface area contributed by atoms with Gasteiger partial charge in [0.25, 0.3) is 5.91 Å². The van der Waals surface area contributed by atoms with Gasteiger partial charge in [0.05, 0.1) is 22.4 Å². The molecule has 0 spiro atoms. The van der Waals surface area contributed by atoms with Gasteiger partial charge in [-0.05, 0) is 48.6 Å². The number of benzene rings is 2. The van der Waals surface area contributed by atoms with E-state index in [0.29, 0.717) is 28.4 Å². The number of halogens is 1. The Hall–Kier alpha value is -2.15. The molecule has 1 saturated heterocycles. The summed E-state index contributed by atoms with van der Waals surface area (Å²) in [6, 6.07) is 13.5. The Bertz CT molecular complexity index is 1010. The Kier molecular flexibility index (Phi) is 6.56. The summed E-state index contributed by atoms with van der Waals surface area (Å²) in [5.41, 5.74) is 1.95. The number of hydrogen-bond acceptors (Lipinski definition) is 5. The molecule has 5 nitrogen and oxygen atoms in total. The minimum absolute atomic E-state index is 0.0155. The molecular formula is C23H25ClN2O3S. The van der Waals surface area contributed by atoms with Crippen LogP contribution in [0.3, 0.4) is 0 Å². The number of ether oxygens (including phenoxy) is 2. The Balaban J connectivity index is 1.52. The van der Waals surface area contributed by atoms with E-state index in [4.69, 9.17) is 21.1 Å². The Morgan fingerprint density at radius 1 is 1.30 bits per heavy atom. The van der Waals surface area contributed by atoms with Gasteiger partial charge in [-0.2, -0.15) is 0 Å². The van der Waals surface area contributed by atoms with Gasteiger partial charge in [-0.25, -0.2) is 4.98 Å². The molecule has 158 valence electrons. The molecule has 4 rings (SSSR count). The number of amides is 1. The van der Waals surface area contributed by atoms with E-state index < -0.39 is 0 Å². The number of nitrogens with zero attached hydrogens (tertiary/aromatic N) is 2. The standard InChI is InChI=1S/C23H25ClN2O3S/c1-15(2)16-8-10-17(11-9-16)29-14-21(27)26(13-18-5-4-12-28-18)23-25-22-19(24)6-3-7-20(22)30-23/h3,6-11,15,18H,4-5,12-14H2,1-2H3. The summed E-state index contributed by atoms with van der Waals surface area (Å²) < 4.78 is 12.5. The second kappa shape index (κ2) is 9.33. The first-order valence-electron chi connectivity index (χ1n) is 10.2. The third-order valence-electron chi connectivity index (χ3n) is 5.21. The molecule has 0 bridgehead atoms. The van der Waals surface area contributed by atoms with Crippen LogP contribution in [0, 0.1) is 0 Å². The van der Waals surface area contributed by atoms with E-state index in [2.05, 4.69) is 18.8 Å². The molecule has 0 aliphatic carbocycles. The lowest BCUT2D eigenvalue weighted by Crippen LogP contribution is -2.40. The van der Waals surface area contributed by atoms with E-state index in [0.717, 1.165) is 29.7 Å². The molecule has 1 amide bonds. The molecular weight excluding hydrogens is 420 g/mol. The van der Waals surface area contributed by atoms with E-state index in [1.165, 1.54) is 16.9 Å². The fourth-order valence-electron chi connectivity index (χ4n) is 3.47. The van der Waals surface area contributed by atoms with Crippen LogP contribution >= 0.6 is 22.9 Å². The van der Waals surface area contributed by atoms with Gasteiger partial charge in [-0.3, -0.25) is 9.69 Å². The average Bonchev–Trinajstić information content (AvgIpc) is 3.41. The van der Waals surface area contributed by atoms with Crippen LogP contribution in [0.4, 0.5) is 5.13 Å². The van der Waals surface area contributed by atoms with Crippen LogP contribution in [0.1, 0.15) is 38.2 Å². The first kappa shape index (κ1) is 21.1. The maximum absolute atomic E-state index is 13.1. The zero-order valence-electron chi connectivity index (χ0n) is 17.1. The number of rotatable bonds is 7. The Morgan fingerprint density at radius 2 is 2.10 bits per heavy atom. The predicted molar refractivity (Wildman–Crippen MR) is 122 cm³/mol. The summed E-state index contributed by atoms with van der Waals surface area (Å²) >= 11 is 7.75. The summed E-state index contributed by atoms with van der Waals surface area (Å²) in [5, 5.41) is 1.21. The van der Waals surface area contributed by atoms with Crippen LogP contribution in [0.2, 0.25) is 5.02 Å². The van der Waals surface area contributed by atoms with Crippen molar-refractivity contribution >= 4 is 44.2 Å². The molecule has 2 heterocycles. The number of thiazole rings is 1. The van der Waals surface area contributed by atoms with E-state index in [1.807, 2.05) is 42.5 Å². The molecule has 7 heteroatoms. The third kappa shape index (κ3) is 4.77. The maximum Gasteiger partial charge on any atom is 0.266 e. The van der Waals surface area contributed by atoms with Crippen molar-refractivity contribution in [3.05, 3.63) is 53.1 Å². The van der Waals surface area contributed by atoms with Crippen LogP contribution in [0.5, 0.6) is 5.75 Å². The van der Waals surface area contributed by atoms with Gasteiger partial charge >= 0.3 is 0 Å². The zero-order valence-corrected chi connectivity index (χ0v) is 18.7. The van der Waals surface area contributed by atoms with E-state index in [9.17, 15) is 4.79 Å². The molecule has 0 saturated carbocycles. The lowest BCUT2D eigenvalue weighted by atomic mass is 10.0. The first-order chi connectivity index (χ1) is 14.5. The van der Waals surface area contributed by atoms with Crippen LogP contribution in [-0.2, 0) is 9.53 Å². The molecule has 0 N–H and O–H groups in total. The molecule has 1 fully saturated rings. The predicted octanol–water partition coefficient (Wildman–Crippen LogP) is 5.66. The molecule has 2 aromatic carbocycles. The molecule has 1 aliphatic rings. The van der Waals surface area contributed by atoms with E-state index in [-0.39, 0.29) is 18.6 Å². The minimum Gasteiger partial charge on any atom is -0.484 e. The molecule has 1 unspecified atom stereocenters. The Morgan fingerprint density at radius 3 is 2.77 bits per heavy atom. The highest BCUT2D eigenvalue weighted by molar-refractivity contribution is 7.22. The van der Waals surface area contributed by atoms with Crippen molar-refractivity contribution in [1.29, 1.82) is 0 Å². The van der Waals surface area contributed by atoms with Crippen molar-refractivity contribution in [3.63, 3.8) is 0 Å². The SMILES string of the molecule is CC(C)c1ccc(OCC(=O)N(CC2CCCO2)c2nc3c(Cl)cccc3s2)cc1. The molecule has 3 aromatic rings. The summed E-state index contributed by atoms with van der Waals surface area (Å²) in [7, 11) is 0. The summed E-state index contributed by atoms with van der Waals surface area (Å²) in [4.78, 5) is 19.4. The van der Waals surface area contributed by atoms with Crippen molar-refractivity contribution in [1.82, 2.24) is 4.98 Å². The van der Waals surface area contributed by atoms with Gasteiger partial charge in [-0.1, -0.05) is 55.0 Å². The number of aromatic nitrogens is 1. The van der Waals surface area contributed by atoms with Crippen molar-refractivity contribution < 1.29 is 14.3 Å². The highest BCUT2D eigenvalue weighted by Gasteiger charge is 2.26. The summed E-state index contributed by atoms with van der Waals surface area (Å²) in [6.45, 7) is 5.43. The van der Waals surface area contributed by atoms with E-state index in [1.54, 1.807) is 4.90 Å². The van der Waals surface area contributed by atoms with Gasteiger partial charge in [-0.15, -0.1) is 0 Å². The number of hydrogen-bond donors (Lipinski definition) is 0. The molecule has 0 radical (unpaired) electrons. The maximum atomic E-state index is 13.1. The monoisotopic (exact) mass is 444 g/mol. The smallest absolute Gasteiger partial charge is 0.266 e. The second-order valence-electron chi connectivity index (χ2n) is 7.73. The average molecular weight is 445 g/mol. The number of carbonyl (C=O) groups excluding carboxylic acids is 1. The number of anilines is 1. The number of para-hydroxylation sites is 1. The fourth-order valence-corrected chi connectivity index (χ4v) is 4.76. The topological polar surface area (TPSA) is 51.7 Å². The minimum atomic E-state index is -0.145. The lowest BCUT2D eigenvalue weighted by Gasteiger charge is -2.23. The van der Waals surface area contributed by atoms with Crippen molar-refractivity contribution in [2.75, 3.05) is 24.7 Å². The van der Waals surface area contributed by atoms with Crippen LogP contribution < -0.4 is 9.64 Å². The molecule has 1 aromatic heterocycles. The molecule has 1 aliphatic heterocycles. The van der Waals surface area contributed by atoms with Gasteiger partial charge in [0.2, 0.25) is 0 Å². The number of carbonyl (C=O) groups is 1. The molecule has 30 heavy (non-hydrogen) atoms. The highest BCUT2D eigenvalue weighted by Crippen LogP contribution is 2.33. The van der Waals surface area contributed by atoms with Crippen LogP contribution in [0.25, 0.3) is 10.2 Å². The highest BCUT2D eigenvalue weighted by atomic mass is 35.5. The van der Waals surface area contributed by atoms with E-state index >= 15 is 0 Å². The van der Waals surface area contributed by atoms with Crippen molar-refractivity contribution in [2.45, 2.75) is 38.7 Å². The van der Waals surface area contributed by atoms with Gasteiger partial charge in [0.1, 0.15) is 11.3 Å². The lowest BCUT2D eigenvalue weighted by molar-refractivity contribution is -0.120. The van der Waals surface area contributed by atoms with Gasteiger partial charge in [0, 0.05) is 6.61 Å². The fraction of sp³-hybridized carbons (Fsp3) is 0.391. The second-order valence-corrected chi connectivity index (χ2v) is 9.15. The Labute approximate surface area is 185 Å². The zero-order chi connectivity index (χ0) is 21.1. The largest absolute Gasteiger partial charge is 0.484 e. The van der Waals surface area contributed by atoms with Gasteiger partial charge < -0.3 is 9.47 Å². The van der Waals surface area contributed by atoms with Crippen molar-refractivity contribution in [3.8, 4) is 5.75 Å². The number of fused-ring (bicyclic) bond motifs is 1.